The molecule has 2 nitrogen and oxygen atoms in total. The molecule has 0 aromatic heterocycles. The molecule has 0 fully saturated rings. The maximum atomic E-state index is 5.73. The van der Waals surface area contributed by atoms with Gasteiger partial charge in [0.25, 0.3) is 0 Å². The van der Waals surface area contributed by atoms with Crippen LogP contribution in [-0.4, -0.2) is 25.8 Å². The quantitative estimate of drug-likeness (QED) is 0.691. The van der Waals surface area contributed by atoms with Crippen LogP contribution in [0.2, 0.25) is 0 Å². The highest BCUT2D eigenvalue weighted by Gasteiger charge is 2.27. The Hall–Kier alpha value is -0.860. The normalized spacial score (nSPS) is 15.8. The monoisotopic (exact) mass is 277 g/mol. The second-order valence-electron chi connectivity index (χ2n) is 5.54. The maximum Gasteiger partial charge on any atom is 0.0625 e. The molecule has 1 rings (SSSR count). The second kappa shape index (κ2) is 9.95. The molecule has 3 atom stereocenters. The molecule has 0 aliphatic heterocycles. The van der Waals surface area contributed by atoms with Gasteiger partial charge in [-0.15, -0.1) is 0 Å². The van der Waals surface area contributed by atoms with Crippen LogP contribution in [0.1, 0.15) is 52.0 Å². The van der Waals surface area contributed by atoms with E-state index in [9.17, 15) is 0 Å². The van der Waals surface area contributed by atoms with Gasteiger partial charge in [-0.2, -0.15) is 0 Å². The van der Waals surface area contributed by atoms with Crippen LogP contribution in [0.4, 0.5) is 0 Å². The molecule has 1 aromatic carbocycles. The Balaban J connectivity index is 2.91. The molecule has 0 saturated carbocycles. The molecule has 0 radical (unpaired) electrons. The molecule has 20 heavy (non-hydrogen) atoms. The van der Waals surface area contributed by atoms with Crippen molar-refractivity contribution in [2.24, 2.45) is 5.92 Å². The summed E-state index contributed by atoms with van der Waals surface area (Å²) in [7, 11) is 0. The molecule has 0 amide bonds. The Morgan fingerprint density at radius 3 is 2.35 bits per heavy atom. The van der Waals surface area contributed by atoms with Crippen molar-refractivity contribution in [3.05, 3.63) is 35.9 Å². The van der Waals surface area contributed by atoms with Gasteiger partial charge in [0.2, 0.25) is 0 Å². The summed E-state index contributed by atoms with van der Waals surface area (Å²) in [6, 6.07) is 11.3. The van der Waals surface area contributed by atoms with Crippen LogP contribution >= 0.6 is 0 Å². The Bertz CT molecular complexity index is 331. The molecule has 1 aromatic rings. The zero-order valence-corrected chi connectivity index (χ0v) is 13.6. The summed E-state index contributed by atoms with van der Waals surface area (Å²) in [5.41, 5.74) is 1.43. The lowest BCUT2D eigenvalue weighted by Crippen LogP contribution is -2.41. The first-order valence-electron chi connectivity index (χ1n) is 8.10. The molecular weight excluding hydrogens is 246 g/mol. The first kappa shape index (κ1) is 17.2. The van der Waals surface area contributed by atoms with Crippen LogP contribution in [0.25, 0.3) is 0 Å². The van der Waals surface area contributed by atoms with E-state index >= 15 is 0 Å². The van der Waals surface area contributed by atoms with Crippen molar-refractivity contribution in [2.75, 3.05) is 19.8 Å². The summed E-state index contributed by atoms with van der Waals surface area (Å²) < 4.78 is 5.73. The van der Waals surface area contributed by atoms with E-state index in [0.717, 1.165) is 26.2 Å². The van der Waals surface area contributed by atoms with Crippen LogP contribution < -0.4 is 5.32 Å². The first-order chi connectivity index (χ1) is 9.74. The molecule has 0 bridgehead atoms. The van der Waals surface area contributed by atoms with E-state index < -0.39 is 0 Å². The third-order valence-electron chi connectivity index (χ3n) is 4.03. The fourth-order valence-corrected chi connectivity index (χ4v) is 2.75. The minimum absolute atomic E-state index is 0.396. The van der Waals surface area contributed by atoms with E-state index in [1.807, 2.05) is 0 Å². The number of benzene rings is 1. The fourth-order valence-electron chi connectivity index (χ4n) is 2.75. The topological polar surface area (TPSA) is 21.3 Å². The summed E-state index contributed by atoms with van der Waals surface area (Å²) in [5, 5.41) is 3.69. The van der Waals surface area contributed by atoms with Crippen LogP contribution in [0.5, 0.6) is 0 Å². The van der Waals surface area contributed by atoms with Gasteiger partial charge in [0.05, 0.1) is 6.61 Å². The standard InChI is InChI=1S/C18H31NO/c1-5-13-19-17(14-20-7-3)18(15(4)6-2)16-11-9-8-10-12-16/h8-12,15,17-19H,5-7,13-14H2,1-4H3. The van der Waals surface area contributed by atoms with Gasteiger partial charge in [-0.3, -0.25) is 0 Å². The summed E-state index contributed by atoms with van der Waals surface area (Å²) in [6.45, 7) is 11.5. The van der Waals surface area contributed by atoms with E-state index in [2.05, 4.69) is 63.3 Å². The number of ether oxygens (including phenoxy) is 1. The van der Waals surface area contributed by atoms with Gasteiger partial charge in [0.15, 0.2) is 0 Å². The highest BCUT2D eigenvalue weighted by Crippen LogP contribution is 2.30. The minimum atomic E-state index is 0.396. The van der Waals surface area contributed by atoms with E-state index in [1.54, 1.807) is 0 Å². The minimum Gasteiger partial charge on any atom is -0.380 e. The molecule has 3 unspecified atom stereocenters. The van der Waals surface area contributed by atoms with Crippen LogP contribution in [0, 0.1) is 5.92 Å². The van der Waals surface area contributed by atoms with Gasteiger partial charge in [0, 0.05) is 18.6 Å². The van der Waals surface area contributed by atoms with Gasteiger partial charge in [-0.1, -0.05) is 57.5 Å². The van der Waals surface area contributed by atoms with Crippen LogP contribution in [0.3, 0.4) is 0 Å². The maximum absolute atomic E-state index is 5.73. The van der Waals surface area contributed by atoms with Gasteiger partial charge in [-0.25, -0.2) is 0 Å². The van der Waals surface area contributed by atoms with Gasteiger partial charge < -0.3 is 10.1 Å². The summed E-state index contributed by atoms with van der Waals surface area (Å²) in [5.74, 6) is 1.16. The molecule has 1 N–H and O–H groups in total. The van der Waals surface area contributed by atoms with E-state index in [4.69, 9.17) is 4.74 Å². The Kier molecular flexibility index (Phi) is 8.56. The predicted molar refractivity (Wildman–Crippen MR) is 87.2 cm³/mol. The van der Waals surface area contributed by atoms with Crippen molar-refractivity contribution in [3.63, 3.8) is 0 Å². The van der Waals surface area contributed by atoms with E-state index in [-0.39, 0.29) is 0 Å². The van der Waals surface area contributed by atoms with Crippen LogP contribution in [0.15, 0.2) is 30.3 Å². The summed E-state index contributed by atoms with van der Waals surface area (Å²) in [4.78, 5) is 0. The van der Waals surface area contributed by atoms with E-state index in [0.29, 0.717) is 17.9 Å². The average Bonchev–Trinajstić information content (AvgIpc) is 2.50. The van der Waals surface area contributed by atoms with Crippen molar-refractivity contribution in [2.45, 2.75) is 52.5 Å². The van der Waals surface area contributed by atoms with Crippen molar-refractivity contribution in [1.29, 1.82) is 0 Å². The number of rotatable bonds is 10. The van der Waals surface area contributed by atoms with Crippen molar-refractivity contribution < 1.29 is 4.74 Å². The number of hydrogen-bond donors (Lipinski definition) is 1. The fraction of sp³-hybridized carbons (Fsp3) is 0.667. The molecule has 114 valence electrons. The average molecular weight is 277 g/mol. The second-order valence-corrected chi connectivity index (χ2v) is 5.54. The van der Waals surface area contributed by atoms with Gasteiger partial charge in [-0.05, 0) is 31.4 Å². The van der Waals surface area contributed by atoms with Crippen LogP contribution in [-0.2, 0) is 4.74 Å². The number of hydrogen-bond acceptors (Lipinski definition) is 2. The molecule has 0 heterocycles. The lowest BCUT2D eigenvalue weighted by Gasteiger charge is -2.32. The molecule has 0 aliphatic rings. The first-order valence-corrected chi connectivity index (χ1v) is 8.10. The highest BCUT2D eigenvalue weighted by atomic mass is 16.5. The molecule has 0 aliphatic carbocycles. The molecule has 0 spiro atoms. The van der Waals surface area contributed by atoms with Crippen molar-refractivity contribution in [3.8, 4) is 0 Å². The Morgan fingerprint density at radius 2 is 1.80 bits per heavy atom. The molecule has 0 saturated heterocycles. The predicted octanol–water partition coefficient (Wildman–Crippen LogP) is 4.22. The summed E-state index contributed by atoms with van der Waals surface area (Å²) in [6.07, 6.45) is 2.35. The SMILES string of the molecule is CCCNC(COCC)C(c1ccccc1)C(C)CC. The molecule has 2 heteroatoms. The third kappa shape index (κ3) is 5.26. The van der Waals surface area contributed by atoms with Gasteiger partial charge >= 0.3 is 0 Å². The highest BCUT2D eigenvalue weighted by molar-refractivity contribution is 5.22. The third-order valence-corrected chi connectivity index (χ3v) is 4.03. The van der Waals surface area contributed by atoms with Crippen molar-refractivity contribution >= 4 is 0 Å². The lowest BCUT2D eigenvalue weighted by atomic mass is 9.80. The number of nitrogens with one attached hydrogen (secondary N) is 1. The Morgan fingerprint density at radius 1 is 1.10 bits per heavy atom. The van der Waals surface area contributed by atoms with E-state index in [1.165, 1.54) is 12.0 Å². The zero-order valence-electron chi connectivity index (χ0n) is 13.6. The Labute approximate surface area is 124 Å². The smallest absolute Gasteiger partial charge is 0.0625 e. The summed E-state index contributed by atoms with van der Waals surface area (Å²) >= 11 is 0. The lowest BCUT2D eigenvalue weighted by molar-refractivity contribution is 0.106. The zero-order chi connectivity index (χ0) is 14.8. The van der Waals surface area contributed by atoms with Gasteiger partial charge in [0.1, 0.15) is 0 Å². The van der Waals surface area contributed by atoms with Crippen molar-refractivity contribution in [1.82, 2.24) is 5.32 Å². The largest absolute Gasteiger partial charge is 0.380 e. The molecular formula is C18H31NO.